The molecule has 8 heteroatoms. The quantitative estimate of drug-likeness (QED) is 0.672. The smallest absolute Gasteiger partial charge is 0.416 e. The topological polar surface area (TPSA) is 56.1 Å². The Bertz CT molecular complexity index is 1010. The number of ether oxygens (including phenoxy) is 1. The van der Waals surface area contributed by atoms with Crippen LogP contribution in [0.2, 0.25) is 0 Å². The fraction of sp³-hybridized carbons (Fsp3) is 0.238. The van der Waals surface area contributed by atoms with Gasteiger partial charge in [0.2, 0.25) is 0 Å². The molecule has 0 unspecified atom stereocenters. The average molecular weight is 403 g/mol. The molecule has 0 saturated heterocycles. The van der Waals surface area contributed by atoms with E-state index in [1.165, 1.54) is 23.0 Å². The van der Waals surface area contributed by atoms with Crippen molar-refractivity contribution in [1.29, 1.82) is 0 Å². The van der Waals surface area contributed by atoms with Crippen molar-refractivity contribution >= 4 is 5.91 Å². The van der Waals surface area contributed by atoms with Gasteiger partial charge in [0.25, 0.3) is 5.91 Å². The van der Waals surface area contributed by atoms with Gasteiger partial charge in [-0.05, 0) is 43.2 Å². The van der Waals surface area contributed by atoms with Gasteiger partial charge in [0, 0.05) is 6.54 Å². The number of nitrogens with one attached hydrogen (secondary N) is 1. The number of benzene rings is 2. The molecule has 29 heavy (non-hydrogen) atoms. The van der Waals surface area contributed by atoms with Crippen molar-refractivity contribution in [3.63, 3.8) is 0 Å². The summed E-state index contributed by atoms with van der Waals surface area (Å²) in [6.45, 7) is 2.02. The van der Waals surface area contributed by atoms with E-state index in [9.17, 15) is 18.0 Å². The standard InChI is InChI=1S/C21H20F3N3O2/c1-14-18(20(28)25-11-10-15-6-3-4-9-19(15)29-2)13-26-27(14)17-8-5-7-16(12-17)21(22,23)24/h3-9,12-13H,10-11H2,1-2H3,(H,25,28). The first-order valence-electron chi connectivity index (χ1n) is 8.93. The first-order valence-corrected chi connectivity index (χ1v) is 8.93. The zero-order valence-electron chi connectivity index (χ0n) is 16.0. The third kappa shape index (κ3) is 4.59. The maximum absolute atomic E-state index is 12.9. The third-order valence-electron chi connectivity index (χ3n) is 4.54. The van der Waals surface area contributed by atoms with Gasteiger partial charge in [0.05, 0.1) is 35.8 Å². The first kappa shape index (κ1) is 20.4. The molecule has 3 aromatic rings. The second kappa shape index (κ2) is 8.38. The Morgan fingerprint density at radius 1 is 1.17 bits per heavy atom. The zero-order valence-corrected chi connectivity index (χ0v) is 16.0. The number of hydrogen-bond donors (Lipinski definition) is 1. The molecular formula is C21H20F3N3O2. The first-order chi connectivity index (χ1) is 13.8. The Balaban J connectivity index is 1.71. The molecule has 0 bridgehead atoms. The van der Waals surface area contributed by atoms with E-state index in [0.29, 0.717) is 24.2 Å². The van der Waals surface area contributed by atoms with E-state index in [1.54, 1.807) is 14.0 Å². The summed E-state index contributed by atoms with van der Waals surface area (Å²) in [6.07, 6.45) is -2.51. The van der Waals surface area contributed by atoms with Crippen LogP contribution >= 0.6 is 0 Å². The van der Waals surface area contributed by atoms with Gasteiger partial charge < -0.3 is 10.1 Å². The van der Waals surface area contributed by atoms with Gasteiger partial charge in [-0.2, -0.15) is 18.3 Å². The molecule has 0 fully saturated rings. The molecule has 1 N–H and O–H groups in total. The largest absolute Gasteiger partial charge is 0.496 e. The van der Waals surface area contributed by atoms with E-state index in [4.69, 9.17) is 4.74 Å². The molecule has 1 amide bonds. The molecule has 5 nitrogen and oxygen atoms in total. The van der Waals surface area contributed by atoms with Crippen LogP contribution in [0, 0.1) is 6.92 Å². The summed E-state index contributed by atoms with van der Waals surface area (Å²) in [4.78, 5) is 12.5. The Kier molecular flexibility index (Phi) is 5.91. The zero-order chi connectivity index (χ0) is 21.0. The molecule has 0 saturated carbocycles. The third-order valence-corrected chi connectivity index (χ3v) is 4.54. The molecular weight excluding hydrogens is 383 g/mol. The van der Waals surface area contributed by atoms with Gasteiger partial charge in [0.15, 0.2) is 0 Å². The Morgan fingerprint density at radius 3 is 2.66 bits per heavy atom. The molecule has 2 aromatic carbocycles. The van der Waals surface area contributed by atoms with E-state index in [0.717, 1.165) is 23.4 Å². The lowest BCUT2D eigenvalue weighted by atomic mass is 10.1. The highest BCUT2D eigenvalue weighted by molar-refractivity contribution is 5.95. The van der Waals surface area contributed by atoms with E-state index in [-0.39, 0.29) is 11.6 Å². The summed E-state index contributed by atoms with van der Waals surface area (Å²) in [5, 5.41) is 6.90. The van der Waals surface area contributed by atoms with Gasteiger partial charge in [-0.1, -0.05) is 24.3 Å². The van der Waals surface area contributed by atoms with Crippen molar-refractivity contribution in [2.45, 2.75) is 19.5 Å². The van der Waals surface area contributed by atoms with Gasteiger partial charge in [0.1, 0.15) is 5.75 Å². The second-order valence-corrected chi connectivity index (χ2v) is 6.42. The van der Waals surface area contributed by atoms with Crippen molar-refractivity contribution in [1.82, 2.24) is 15.1 Å². The normalized spacial score (nSPS) is 11.3. The number of alkyl halides is 3. The van der Waals surface area contributed by atoms with Crippen molar-refractivity contribution in [3.05, 3.63) is 77.1 Å². The molecule has 0 aliphatic rings. The van der Waals surface area contributed by atoms with Crippen LogP contribution in [-0.2, 0) is 12.6 Å². The monoisotopic (exact) mass is 403 g/mol. The van der Waals surface area contributed by atoms with Crippen LogP contribution < -0.4 is 10.1 Å². The summed E-state index contributed by atoms with van der Waals surface area (Å²) in [5.74, 6) is 0.408. The number of amides is 1. The lowest BCUT2D eigenvalue weighted by Crippen LogP contribution is -2.26. The molecule has 0 aliphatic heterocycles. The number of nitrogens with zero attached hydrogens (tertiary/aromatic N) is 2. The molecule has 1 aromatic heterocycles. The predicted octanol–water partition coefficient (Wildman–Crippen LogP) is 4.18. The average Bonchev–Trinajstić information content (AvgIpc) is 3.09. The number of aromatic nitrogens is 2. The number of para-hydroxylation sites is 1. The summed E-state index contributed by atoms with van der Waals surface area (Å²) < 4.78 is 45.5. The minimum absolute atomic E-state index is 0.241. The lowest BCUT2D eigenvalue weighted by Gasteiger charge is -2.11. The highest BCUT2D eigenvalue weighted by Crippen LogP contribution is 2.30. The number of carbonyl (C=O) groups is 1. The summed E-state index contributed by atoms with van der Waals surface area (Å²) >= 11 is 0. The van der Waals surface area contributed by atoms with Gasteiger partial charge in [-0.25, -0.2) is 4.68 Å². The minimum Gasteiger partial charge on any atom is -0.496 e. The number of rotatable bonds is 6. The van der Waals surface area contributed by atoms with Crippen molar-refractivity contribution in [2.75, 3.05) is 13.7 Å². The Morgan fingerprint density at radius 2 is 1.93 bits per heavy atom. The number of halogens is 3. The molecule has 0 atom stereocenters. The molecule has 3 rings (SSSR count). The lowest BCUT2D eigenvalue weighted by molar-refractivity contribution is -0.137. The predicted molar refractivity (Wildman–Crippen MR) is 102 cm³/mol. The van der Waals surface area contributed by atoms with Crippen molar-refractivity contribution in [2.24, 2.45) is 0 Å². The Hall–Kier alpha value is -3.29. The highest BCUT2D eigenvalue weighted by Gasteiger charge is 2.30. The fourth-order valence-corrected chi connectivity index (χ4v) is 3.02. The highest BCUT2D eigenvalue weighted by atomic mass is 19.4. The maximum atomic E-state index is 12.9. The molecule has 0 radical (unpaired) electrons. The van der Waals surface area contributed by atoms with Crippen LogP contribution in [-0.4, -0.2) is 29.3 Å². The number of hydrogen-bond acceptors (Lipinski definition) is 3. The van der Waals surface area contributed by atoms with Crippen molar-refractivity contribution in [3.8, 4) is 11.4 Å². The van der Waals surface area contributed by atoms with E-state index >= 15 is 0 Å². The summed E-state index contributed by atoms with van der Waals surface area (Å²) in [5.41, 5.74) is 1.20. The summed E-state index contributed by atoms with van der Waals surface area (Å²) in [6, 6.07) is 12.3. The van der Waals surface area contributed by atoms with Crippen LogP contribution in [0.1, 0.15) is 27.2 Å². The molecule has 152 valence electrons. The SMILES string of the molecule is COc1ccccc1CCNC(=O)c1cnn(-c2cccc(C(F)(F)F)c2)c1C. The second-order valence-electron chi connectivity index (χ2n) is 6.42. The van der Waals surface area contributed by atoms with Crippen LogP contribution in [0.4, 0.5) is 13.2 Å². The molecule has 1 heterocycles. The maximum Gasteiger partial charge on any atom is 0.416 e. The van der Waals surface area contributed by atoms with Gasteiger partial charge >= 0.3 is 6.18 Å². The molecule has 0 aliphatic carbocycles. The number of methoxy groups -OCH3 is 1. The van der Waals surface area contributed by atoms with Crippen LogP contribution in [0.15, 0.2) is 54.7 Å². The Labute approximate surface area is 166 Å². The van der Waals surface area contributed by atoms with Gasteiger partial charge in [-0.15, -0.1) is 0 Å². The van der Waals surface area contributed by atoms with Crippen LogP contribution in [0.25, 0.3) is 5.69 Å². The van der Waals surface area contributed by atoms with Crippen LogP contribution in [0.5, 0.6) is 5.75 Å². The van der Waals surface area contributed by atoms with Crippen LogP contribution in [0.3, 0.4) is 0 Å². The number of carbonyl (C=O) groups excluding carboxylic acids is 1. The molecule has 0 spiro atoms. The summed E-state index contributed by atoms with van der Waals surface area (Å²) in [7, 11) is 1.59. The van der Waals surface area contributed by atoms with E-state index in [2.05, 4.69) is 10.4 Å². The fourth-order valence-electron chi connectivity index (χ4n) is 3.02. The van der Waals surface area contributed by atoms with E-state index < -0.39 is 11.7 Å². The van der Waals surface area contributed by atoms with E-state index in [1.807, 2.05) is 24.3 Å². The van der Waals surface area contributed by atoms with Gasteiger partial charge in [-0.3, -0.25) is 4.79 Å². The minimum atomic E-state index is -4.45. The van der Waals surface area contributed by atoms with Crippen molar-refractivity contribution < 1.29 is 22.7 Å².